The zero-order valence-electron chi connectivity index (χ0n) is 49.7. The van der Waals surface area contributed by atoms with Gasteiger partial charge in [-0.2, -0.15) is 0 Å². The van der Waals surface area contributed by atoms with Crippen LogP contribution < -0.4 is 5.32 Å². The molecule has 0 aromatic rings. The van der Waals surface area contributed by atoms with Crippen LogP contribution in [0.25, 0.3) is 0 Å². The molecule has 0 aliphatic carbocycles. The largest absolute Gasteiger partial charge is 0.472 e. The molecule has 9 heteroatoms. The second-order valence-corrected chi connectivity index (χ2v) is 24.9. The lowest BCUT2D eigenvalue weighted by Gasteiger charge is -2.25. The van der Waals surface area contributed by atoms with E-state index >= 15 is 0 Å². The Kier molecular flexibility index (Phi) is 54.9. The molecular formula is C64H128N2O6P+. The Morgan fingerprint density at radius 3 is 1.05 bits per heavy atom. The van der Waals surface area contributed by atoms with Crippen molar-refractivity contribution in [3.05, 3.63) is 24.3 Å². The van der Waals surface area contributed by atoms with E-state index in [-0.39, 0.29) is 19.1 Å². The van der Waals surface area contributed by atoms with Crippen LogP contribution in [-0.2, 0) is 18.4 Å². The number of likely N-dealkylation sites (N-methyl/N-ethyl adjacent to an activating group) is 1. The van der Waals surface area contributed by atoms with E-state index < -0.39 is 20.0 Å². The first-order valence-corrected chi connectivity index (χ1v) is 33.7. The number of unbranched alkanes of at least 4 members (excludes halogenated alkanes) is 45. The van der Waals surface area contributed by atoms with Gasteiger partial charge in [0.15, 0.2) is 0 Å². The first-order valence-electron chi connectivity index (χ1n) is 32.2. The number of hydrogen-bond donors (Lipinski definition) is 3. The Balaban J connectivity index is 4.11. The summed E-state index contributed by atoms with van der Waals surface area (Å²) in [4.78, 5) is 23.4. The SMILES string of the molecule is CCCCCCCCCCCCCC/C=C\CCCCCCCCCCCCCCC(=O)NC(COP(=O)(O)OCC[N+](C)(C)C)C(O)/C=C/CCCCCCCCCCCCCCCCCCCCCCC. The fraction of sp³-hybridized carbons (Fsp3) is 0.922. The van der Waals surface area contributed by atoms with Gasteiger partial charge in [0.1, 0.15) is 13.2 Å². The Morgan fingerprint density at radius 2 is 0.740 bits per heavy atom. The number of rotatable bonds is 60. The van der Waals surface area contributed by atoms with Gasteiger partial charge in [-0.15, -0.1) is 0 Å². The summed E-state index contributed by atoms with van der Waals surface area (Å²) < 4.78 is 23.8. The van der Waals surface area contributed by atoms with Gasteiger partial charge in [-0.25, -0.2) is 4.57 Å². The minimum Gasteiger partial charge on any atom is -0.387 e. The summed E-state index contributed by atoms with van der Waals surface area (Å²) in [6.45, 7) is 4.87. The lowest BCUT2D eigenvalue weighted by atomic mass is 10.0. The molecule has 3 N–H and O–H groups in total. The van der Waals surface area contributed by atoms with Gasteiger partial charge in [-0.05, 0) is 44.9 Å². The normalized spacial score (nSPS) is 13.9. The van der Waals surface area contributed by atoms with Crippen LogP contribution in [0.5, 0.6) is 0 Å². The van der Waals surface area contributed by atoms with Gasteiger partial charge in [0.25, 0.3) is 0 Å². The van der Waals surface area contributed by atoms with E-state index in [0.717, 1.165) is 32.1 Å². The van der Waals surface area contributed by atoms with Crippen LogP contribution in [0.1, 0.15) is 328 Å². The van der Waals surface area contributed by atoms with Crippen molar-refractivity contribution in [2.45, 2.75) is 341 Å². The van der Waals surface area contributed by atoms with Gasteiger partial charge in [-0.1, -0.05) is 301 Å². The topological polar surface area (TPSA) is 105 Å². The summed E-state index contributed by atoms with van der Waals surface area (Å²) in [5, 5.41) is 14.0. The smallest absolute Gasteiger partial charge is 0.387 e. The minimum atomic E-state index is -4.35. The molecular weight excluding hydrogens is 924 g/mol. The molecule has 0 aromatic heterocycles. The average molecular weight is 1050 g/mol. The number of nitrogens with one attached hydrogen (secondary N) is 1. The predicted octanol–water partition coefficient (Wildman–Crippen LogP) is 19.9. The predicted molar refractivity (Wildman–Crippen MR) is 318 cm³/mol. The molecule has 3 atom stereocenters. The highest BCUT2D eigenvalue weighted by atomic mass is 31.2. The third-order valence-electron chi connectivity index (χ3n) is 14.9. The maximum atomic E-state index is 13.0. The molecule has 0 aliphatic rings. The van der Waals surface area contributed by atoms with E-state index in [1.165, 1.54) is 276 Å². The lowest BCUT2D eigenvalue weighted by molar-refractivity contribution is -0.870. The molecule has 0 spiro atoms. The number of carbonyl (C=O) groups excluding carboxylic acids is 1. The molecule has 3 unspecified atom stereocenters. The molecule has 0 heterocycles. The molecule has 0 radical (unpaired) electrons. The minimum absolute atomic E-state index is 0.0636. The van der Waals surface area contributed by atoms with Gasteiger partial charge in [0, 0.05) is 6.42 Å². The highest BCUT2D eigenvalue weighted by molar-refractivity contribution is 7.47. The van der Waals surface area contributed by atoms with Crippen molar-refractivity contribution in [2.24, 2.45) is 0 Å². The van der Waals surface area contributed by atoms with Crippen molar-refractivity contribution in [3.8, 4) is 0 Å². The number of phosphoric acid groups is 1. The first-order chi connectivity index (χ1) is 35.5. The molecule has 0 saturated heterocycles. The van der Waals surface area contributed by atoms with E-state index in [9.17, 15) is 19.4 Å². The molecule has 0 saturated carbocycles. The fourth-order valence-corrected chi connectivity index (χ4v) is 10.6. The Labute approximate surface area is 455 Å². The van der Waals surface area contributed by atoms with E-state index in [1.54, 1.807) is 6.08 Å². The molecule has 8 nitrogen and oxygen atoms in total. The number of aliphatic hydroxyl groups is 1. The highest BCUT2D eigenvalue weighted by Gasteiger charge is 2.28. The maximum absolute atomic E-state index is 13.0. The monoisotopic (exact) mass is 1050 g/mol. The molecule has 73 heavy (non-hydrogen) atoms. The molecule has 0 fully saturated rings. The van der Waals surface area contributed by atoms with Gasteiger partial charge in [0.2, 0.25) is 5.91 Å². The van der Waals surface area contributed by atoms with Crippen LogP contribution in [0.3, 0.4) is 0 Å². The van der Waals surface area contributed by atoms with Crippen molar-refractivity contribution in [1.29, 1.82) is 0 Å². The summed E-state index contributed by atoms with van der Waals surface area (Å²) >= 11 is 0. The molecule has 434 valence electrons. The van der Waals surface area contributed by atoms with E-state index in [4.69, 9.17) is 9.05 Å². The van der Waals surface area contributed by atoms with Crippen LogP contribution in [0.15, 0.2) is 24.3 Å². The number of nitrogens with zero attached hydrogens (tertiary/aromatic N) is 1. The third kappa shape index (κ3) is 58.5. The van der Waals surface area contributed by atoms with E-state index in [2.05, 4.69) is 31.3 Å². The Morgan fingerprint density at radius 1 is 0.452 bits per heavy atom. The summed E-state index contributed by atoms with van der Waals surface area (Å²) in [6, 6.07) is -0.846. The van der Waals surface area contributed by atoms with E-state index in [1.807, 2.05) is 27.2 Å². The molecule has 0 rings (SSSR count). The number of phosphoric ester groups is 1. The number of hydrogen-bond acceptors (Lipinski definition) is 5. The van der Waals surface area contributed by atoms with Crippen molar-refractivity contribution >= 4 is 13.7 Å². The molecule has 0 aromatic carbocycles. The maximum Gasteiger partial charge on any atom is 0.472 e. The summed E-state index contributed by atoms with van der Waals surface area (Å²) in [5.74, 6) is -0.171. The summed E-state index contributed by atoms with van der Waals surface area (Å²) in [6.07, 6.45) is 71.6. The fourth-order valence-electron chi connectivity index (χ4n) is 9.86. The molecule has 1 amide bonds. The van der Waals surface area contributed by atoms with Gasteiger partial charge in [0.05, 0.1) is 39.9 Å². The number of quaternary nitrogens is 1. The van der Waals surface area contributed by atoms with Crippen LogP contribution in [-0.4, -0.2) is 73.4 Å². The first kappa shape index (κ1) is 72.0. The number of amides is 1. The van der Waals surface area contributed by atoms with Crippen molar-refractivity contribution in [2.75, 3.05) is 40.9 Å². The average Bonchev–Trinajstić information content (AvgIpc) is 3.35. The zero-order chi connectivity index (χ0) is 53.5. The van der Waals surface area contributed by atoms with Crippen LogP contribution >= 0.6 is 7.82 Å². The Hall–Kier alpha value is -1.02. The lowest BCUT2D eigenvalue weighted by Crippen LogP contribution is -2.45. The number of aliphatic hydroxyl groups excluding tert-OH is 1. The van der Waals surface area contributed by atoms with Gasteiger partial charge < -0.3 is 19.8 Å². The Bertz CT molecular complexity index is 1240. The second kappa shape index (κ2) is 55.7. The zero-order valence-corrected chi connectivity index (χ0v) is 50.5. The van der Waals surface area contributed by atoms with Crippen molar-refractivity contribution < 1.29 is 32.9 Å². The second-order valence-electron chi connectivity index (χ2n) is 23.5. The summed E-state index contributed by atoms with van der Waals surface area (Å²) in [7, 11) is 1.59. The molecule has 0 bridgehead atoms. The van der Waals surface area contributed by atoms with Crippen LogP contribution in [0.4, 0.5) is 0 Å². The standard InChI is InChI=1S/C64H127N2O6P/c1-6-8-10-12-14-16-18-20-22-24-26-28-30-31-32-33-34-36-38-40-42-44-46-48-50-52-54-56-58-64(68)65-62(61-72-73(69,70)71-60-59-66(3,4)5)63(67)57-55-53-51-49-47-45-43-41-39-37-35-29-27-25-23-21-19-17-15-13-11-9-7-2/h31-32,55,57,62-63,67H,6-30,33-54,56,58-61H2,1-5H3,(H-,65,68,69,70)/p+1/b32-31-,57-55+. The van der Waals surface area contributed by atoms with Crippen molar-refractivity contribution in [1.82, 2.24) is 5.32 Å². The highest BCUT2D eigenvalue weighted by Crippen LogP contribution is 2.43. The van der Waals surface area contributed by atoms with Crippen LogP contribution in [0, 0.1) is 0 Å². The molecule has 0 aliphatic heterocycles. The van der Waals surface area contributed by atoms with E-state index in [0.29, 0.717) is 17.4 Å². The third-order valence-corrected chi connectivity index (χ3v) is 15.9. The van der Waals surface area contributed by atoms with Gasteiger partial charge >= 0.3 is 7.82 Å². The number of allylic oxidation sites excluding steroid dienone is 3. The van der Waals surface area contributed by atoms with Crippen molar-refractivity contribution in [3.63, 3.8) is 0 Å². The van der Waals surface area contributed by atoms with Gasteiger partial charge in [-0.3, -0.25) is 13.8 Å². The quantitative estimate of drug-likeness (QED) is 0.0243. The summed E-state index contributed by atoms with van der Waals surface area (Å²) in [5.41, 5.74) is 0. The van der Waals surface area contributed by atoms with Crippen LogP contribution in [0.2, 0.25) is 0 Å². The number of carbonyl (C=O) groups is 1.